The second-order valence-corrected chi connectivity index (χ2v) is 4.29. The summed E-state index contributed by atoms with van der Waals surface area (Å²) in [6, 6.07) is 5.65. The van der Waals surface area contributed by atoms with E-state index < -0.39 is 6.67 Å². The molecule has 18 heavy (non-hydrogen) atoms. The lowest BCUT2D eigenvalue weighted by molar-refractivity contribution is 0.236. The molecular weight excluding hydrogens is 235 g/mol. The summed E-state index contributed by atoms with van der Waals surface area (Å²) < 4.78 is 17.2. The minimum Gasteiger partial charge on any atom is -0.496 e. The zero-order valence-electron chi connectivity index (χ0n) is 10.3. The van der Waals surface area contributed by atoms with Crippen molar-refractivity contribution in [2.75, 3.05) is 20.3 Å². The van der Waals surface area contributed by atoms with Gasteiger partial charge in [-0.2, -0.15) is 0 Å². The van der Waals surface area contributed by atoms with Crippen molar-refractivity contribution in [1.29, 1.82) is 0 Å². The monoisotopic (exact) mass is 252 g/mol. The van der Waals surface area contributed by atoms with Gasteiger partial charge in [-0.3, -0.25) is 0 Å². The Hall–Kier alpha value is -1.78. The number of nitrogens with one attached hydrogen (secondary N) is 2. The molecule has 1 aliphatic rings. The van der Waals surface area contributed by atoms with E-state index in [1.165, 1.54) is 5.56 Å². The van der Waals surface area contributed by atoms with Crippen LogP contribution in [0.25, 0.3) is 0 Å². The highest BCUT2D eigenvalue weighted by Crippen LogP contribution is 2.30. The van der Waals surface area contributed by atoms with E-state index in [-0.39, 0.29) is 18.6 Å². The van der Waals surface area contributed by atoms with Gasteiger partial charge in [0.25, 0.3) is 0 Å². The first-order valence-electron chi connectivity index (χ1n) is 5.99. The second kappa shape index (κ2) is 5.71. The second-order valence-electron chi connectivity index (χ2n) is 4.29. The Bertz CT molecular complexity index is 437. The fraction of sp³-hybridized carbons (Fsp3) is 0.462. The molecule has 98 valence electrons. The summed E-state index contributed by atoms with van der Waals surface area (Å²) in [5.74, 6) is 0.862. The van der Waals surface area contributed by atoms with Gasteiger partial charge in [-0.05, 0) is 30.0 Å². The summed E-state index contributed by atoms with van der Waals surface area (Å²) in [7, 11) is 1.64. The molecule has 0 saturated heterocycles. The van der Waals surface area contributed by atoms with Crippen LogP contribution in [0.15, 0.2) is 18.2 Å². The fourth-order valence-corrected chi connectivity index (χ4v) is 2.31. The van der Waals surface area contributed by atoms with E-state index in [0.717, 1.165) is 24.2 Å². The molecule has 0 spiro atoms. The van der Waals surface area contributed by atoms with Crippen LogP contribution < -0.4 is 15.4 Å². The molecule has 2 amide bonds. The van der Waals surface area contributed by atoms with Crippen molar-refractivity contribution >= 4 is 6.03 Å². The maximum Gasteiger partial charge on any atom is 0.315 e. The van der Waals surface area contributed by atoms with E-state index in [0.29, 0.717) is 0 Å². The van der Waals surface area contributed by atoms with Crippen molar-refractivity contribution in [3.63, 3.8) is 0 Å². The number of methoxy groups -OCH3 is 1. The lowest BCUT2D eigenvalue weighted by Gasteiger charge is -2.12. The highest BCUT2D eigenvalue weighted by Gasteiger charge is 2.25. The van der Waals surface area contributed by atoms with Crippen LogP contribution in [0.3, 0.4) is 0 Å². The lowest BCUT2D eigenvalue weighted by Crippen LogP contribution is -2.43. The largest absolute Gasteiger partial charge is 0.496 e. The van der Waals surface area contributed by atoms with Crippen molar-refractivity contribution in [3.05, 3.63) is 29.3 Å². The van der Waals surface area contributed by atoms with Crippen LogP contribution in [0.5, 0.6) is 5.75 Å². The van der Waals surface area contributed by atoms with E-state index in [9.17, 15) is 9.18 Å². The van der Waals surface area contributed by atoms with Crippen molar-refractivity contribution in [1.82, 2.24) is 10.6 Å². The number of ether oxygens (including phenoxy) is 1. The Balaban J connectivity index is 1.95. The quantitative estimate of drug-likeness (QED) is 0.851. The number of fused-ring (bicyclic) bond motifs is 1. The summed E-state index contributed by atoms with van der Waals surface area (Å²) in [6.45, 7) is -0.499. The topological polar surface area (TPSA) is 50.4 Å². The number of alkyl halides is 1. The number of hydrogen-bond acceptors (Lipinski definition) is 2. The highest BCUT2D eigenvalue weighted by atomic mass is 19.1. The average molecular weight is 252 g/mol. The molecular formula is C13H17FN2O2. The lowest BCUT2D eigenvalue weighted by atomic mass is 10.1. The van der Waals surface area contributed by atoms with Gasteiger partial charge in [0.05, 0.1) is 7.11 Å². The van der Waals surface area contributed by atoms with E-state index in [1.54, 1.807) is 7.11 Å². The van der Waals surface area contributed by atoms with Gasteiger partial charge in [-0.15, -0.1) is 0 Å². The van der Waals surface area contributed by atoms with E-state index in [1.807, 2.05) is 18.2 Å². The van der Waals surface area contributed by atoms with Gasteiger partial charge in [-0.25, -0.2) is 9.18 Å². The number of carbonyl (C=O) groups is 1. The van der Waals surface area contributed by atoms with Crippen LogP contribution >= 0.6 is 0 Å². The smallest absolute Gasteiger partial charge is 0.315 e. The summed E-state index contributed by atoms with van der Waals surface area (Å²) in [5, 5.41) is 5.30. The zero-order chi connectivity index (χ0) is 13.0. The molecule has 1 aromatic rings. The standard InChI is InChI=1S/C13H17FN2O2/c1-18-12-4-2-3-9-7-10(8-11(9)12)16-13(17)15-6-5-14/h2-4,10H,5-8H2,1H3,(H2,15,16,17). The fourth-order valence-electron chi connectivity index (χ4n) is 2.31. The first-order chi connectivity index (χ1) is 8.74. The average Bonchev–Trinajstić information content (AvgIpc) is 2.78. The molecule has 0 aromatic heterocycles. The van der Waals surface area contributed by atoms with Gasteiger partial charge in [-0.1, -0.05) is 12.1 Å². The Kier molecular flexibility index (Phi) is 4.02. The van der Waals surface area contributed by atoms with E-state index >= 15 is 0 Å². The molecule has 0 fully saturated rings. The van der Waals surface area contributed by atoms with Gasteiger partial charge in [0, 0.05) is 12.6 Å². The highest BCUT2D eigenvalue weighted by molar-refractivity contribution is 5.74. The number of halogens is 1. The van der Waals surface area contributed by atoms with Crippen LogP contribution in [-0.4, -0.2) is 32.4 Å². The third kappa shape index (κ3) is 2.72. The molecule has 1 aromatic carbocycles. The van der Waals surface area contributed by atoms with E-state index in [2.05, 4.69) is 10.6 Å². The Morgan fingerprint density at radius 3 is 3.06 bits per heavy atom. The maximum absolute atomic E-state index is 11.9. The normalized spacial score (nSPS) is 17.1. The minimum atomic E-state index is -0.549. The van der Waals surface area contributed by atoms with Crippen LogP contribution in [0, 0.1) is 0 Å². The molecule has 0 aliphatic heterocycles. The number of rotatable bonds is 4. The predicted octanol–water partition coefficient (Wildman–Crippen LogP) is 1.43. The summed E-state index contributed by atoms with van der Waals surface area (Å²) >= 11 is 0. The summed E-state index contributed by atoms with van der Waals surface area (Å²) in [4.78, 5) is 11.4. The molecule has 4 nitrogen and oxygen atoms in total. The molecule has 1 aliphatic carbocycles. The van der Waals surface area contributed by atoms with E-state index in [4.69, 9.17) is 4.74 Å². The van der Waals surface area contributed by atoms with Crippen LogP contribution in [0.2, 0.25) is 0 Å². The summed E-state index contributed by atoms with van der Waals surface area (Å²) in [5.41, 5.74) is 2.35. The molecule has 1 atom stereocenters. The summed E-state index contributed by atoms with van der Waals surface area (Å²) in [6.07, 6.45) is 1.54. The van der Waals surface area contributed by atoms with Crippen LogP contribution in [-0.2, 0) is 12.8 Å². The molecule has 2 N–H and O–H groups in total. The van der Waals surface area contributed by atoms with Crippen molar-refractivity contribution in [3.8, 4) is 5.75 Å². The zero-order valence-corrected chi connectivity index (χ0v) is 10.3. The van der Waals surface area contributed by atoms with Crippen molar-refractivity contribution in [2.45, 2.75) is 18.9 Å². The van der Waals surface area contributed by atoms with Gasteiger partial charge in [0.2, 0.25) is 0 Å². The van der Waals surface area contributed by atoms with Crippen molar-refractivity contribution in [2.24, 2.45) is 0 Å². The number of hydrogen-bond donors (Lipinski definition) is 2. The molecule has 1 unspecified atom stereocenters. The molecule has 0 heterocycles. The number of urea groups is 1. The van der Waals surface area contributed by atoms with Crippen LogP contribution in [0.4, 0.5) is 9.18 Å². The molecule has 5 heteroatoms. The van der Waals surface area contributed by atoms with Gasteiger partial charge >= 0.3 is 6.03 Å². The first kappa shape index (κ1) is 12.7. The Morgan fingerprint density at radius 1 is 1.50 bits per heavy atom. The molecule has 2 rings (SSSR count). The maximum atomic E-state index is 11.9. The number of amides is 2. The van der Waals surface area contributed by atoms with Crippen LogP contribution in [0.1, 0.15) is 11.1 Å². The number of benzene rings is 1. The predicted molar refractivity (Wildman–Crippen MR) is 66.7 cm³/mol. The Morgan fingerprint density at radius 2 is 2.33 bits per heavy atom. The SMILES string of the molecule is COc1cccc2c1CC(NC(=O)NCCF)C2. The number of carbonyl (C=O) groups excluding carboxylic acids is 1. The van der Waals surface area contributed by atoms with Gasteiger partial charge in [0.15, 0.2) is 0 Å². The molecule has 0 saturated carbocycles. The van der Waals surface area contributed by atoms with Gasteiger partial charge in [0.1, 0.15) is 12.4 Å². The molecule has 0 radical (unpaired) electrons. The first-order valence-corrected chi connectivity index (χ1v) is 5.99. The molecule has 0 bridgehead atoms. The van der Waals surface area contributed by atoms with Gasteiger partial charge < -0.3 is 15.4 Å². The van der Waals surface area contributed by atoms with Crippen molar-refractivity contribution < 1.29 is 13.9 Å². The third-order valence-corrected chi connectivity index (χ3v) is 3.08. The minimum absolute atomic E-state index is 0.0504. The Labute approximate surface area is 106 Å². The third-order valence-electron chi connectivity index (χ3n) is 3.08.